The van der Waals surface area contributed by atoms with Gasteiger partial charge in [0.25, 0.3) is 0 Å². The van der Waals surface area contributed by atoms with Gasteiger partial charge in [0.1, 0.15) is 11.4 Å². The predicted molar refractivity (Wildman–Crippen MR) is 119 cm³/mol. The number of alkyl halides is 4. The second-order valence-corrected chi connectivity index (χ2v) is 11.0. The van der Waals surface area contributed by atoms with Gasteiger partial charge in [0, 0.05) is 13.1 Å². The predicted octanol–water partition coefficient (Wildman–Crippen LogP) is 4.23. The lowest BCUT2D eigenvalue weighted by atomic mass is 9.94. The van der Waals surface area contributed by atoms with E-state index in [-0.39, 0.29) is 60.0 Å². The molecule has 2 aromatic rings. The molecule has 2 aromatic heterocycles. The zero-order valence-electron chi connectivity index (χ0n) is 19.1. The maximum atomic E-state index is 15.2. The van der Waals surface area contributed by atoms with E-state index in [1.807, 2.05) is 0 Å². The van der Waals surface area contributed by atoms with Gasteiger partial charge in [0.15, 0.2) is 0 Å². The third-order valence-corrected chi connectivity index (χ3v) is 8.64. The summed E-state index contributed by atoms with van der Waals surface area (Å²) in [5.41, 5.74) is -1.61. The molecule has 2 amide bonds. The lowest BCUT2D eigenvalue weighted by Crippen LogP contribution is -2.59. The number of halogens is 5. The molecule has 3 heterocycles. The number of carbonyl (C=O) groups excluding carboxylic acids is 2. The topological polar surface area (TPSA) is 57.9 Å². The van der Waals surface area contributed by atoms with E-state index >= 15 is 4.39 Å². The molecule has 0 spiro atoms. The molecular formula is C24H25ClF4N4O2. The molecule has 1 saturated heterocycles. The summed E-state index contributed by atoms with van der Waals surface area (Å²) < 4.78 is 57.1. The van der Waals surface area contributed by atoms with E-state index in [9.17, 15) is 22.8 Å². The van der Waals surface area contributed by atoms with Crippen LogP contribution in [-0.4, -0.2) is 62.6 Å². The van der Waals surface area contributed by atoms with Crippen LogP contribution < -0.4 is 0 Å². The van der Waals surface area contributed by atoms with Crippen LogP contribution in [-0.2, 0) is 22.2 Å². The lowest BCUT2D eigenvalue weighted by molar-refractivity contribution is -0.149. The van der Waals surface area contributed by atoms with E-state index in [0.29, 0.717) is 17.9 Å². The monoisotopic (exact) mass is 512 g/mol. The number of fused-ring (bicyclic) bond motifs is 2. The van der Waals surface area contributed by atoms with Crippen molar-refractivity contribution in [2.24, 2.45) is 11.8 Å². The van der Waals surface area contributed by atoms with E-state index in [1.165, 1.54) is 4.90 Å². The molecule has 3 saturated carbocycles. The molecule has 6 nitrogen and oxygen atoms in total. The quantitative estimate of drug-likeness (QED) is 0.576. The Kier molecular flexibility index (Phi) is 4.99. The first-order valence-electron chi connectivity index (χ1n) is 12.0. The summed E-state index contributed by atoms with van der Waals surface area (Å²) in [7, 11) is 0. The number of hydrogen-bond acceptors (Lipinski definition) is 3. The van der Waals surface area contributed by atoms with Crippen molar-refractivity contribution >= 4 is 28.9 Å². The second kappa shape index (κ2) is 7.57. The molecule has 6 rings (SSSR count). The first-order chi connectivity index (χ1) is 16.4. The van der Waals surface area contributed by atoms with Gasteiger partial charge < -0.3 is 9.80 Å². The molecule has 188 valence electrons. The summed E-state index contributed by atoms with van der Waals surface area (Å²) in [5, 5.41) is 4.04. The molecular weight excluding hydrogens is 488 g/mol. The minimum atomic E-state index is -4.63. The number of carbonyl (C=O) groups is 2. The van der Waals surface area contributed by atoms with Crippen molar-refractivity contribution in [3.8, 4) is 0 Å². The SMILES string of the molecule is CC1(F)C2CC2CC1N1CCN(C(=O)Cc2nn3c(C(F)(F)F)cc(C4CC4)cc3c2Cl)CC1=O. The second-order valence-electron chi connectivity index (χ2n) is 10.6. The van der Waals surface area contributed by atoms with E-state index in [2.05, 4.69) is 5.10 Å². The summed E-state index contributed by atoms with van der Waals surface area (Å²) in [4.78, 5) is 28.7. The van der Waals surface area contributed by atoms with Gasteiger partial charge in [0.05, 0.1) is 35.2 Å². The number of hydrogen-bond donors (Lipinski definition) is 0. The largest absolute Gasteiger partial charge is 0.433 e. The Bertz CT molecular complexity index is 1240. The Hall–Kier alpha value is -2.36. The van der Waals surface area contributed by atoms with Crippen molar-refractivity contribution in [1.82, 2.24) is 19.4 Å². The van der Waals surface area contributed by atoms with E-state index in [1.54, 1.807) is 17.9 Å². The Balaban J connectivity index is 1.20. The molecule has 35 heavy (non-hydrogen) atoms. The third kappa shape index (κ3) is 3.79. The van der Waals surface area contributed by atoms with Gasteiger partial charge in [-0.2, -0.15) is 18.3 Å². The van der Waals surface area contributed by atoms with Crippen molar-refractivity contribution in [3.05, 3.63) is 34.1 Å². The van der Waals surface area contributed by atoms with Crippen molar-refractivity contribution in [2.75, 3.05) is 19.6 Å². The van der Waals surface area contributed by atoms with Crippen LogP contribution in [0.5, 0.6) is 0 Å². The van der Waals surface area contributed by atoms with Crippen LogP contribution in [0, 0.1) is 11.8 Å². The Labute approximate surface area is 204 Å². The standard InChI is InChI=1S/C24H25ClF4N4O2/c1-23(26)15-6-14(15)9-18(23)32-5-4-31(11-21(32)35)20(34)10-16-22(25)17-7-13(12-2-3-12)8-19(24(27,28)29)33(17)30-16/h7-8,12,14-15,18H,2-6,9-11H2,1H3. The van der Waals surface area contributed by atoms with E-state index < -0.39 is 29.5 Å². The zero-order chi connectivity index (χ0) is 24.9. The normalized spacial score (nSPS) is 30.8. The van der Waals surface area contributed by atoms with Gasteiger partial charge in [-0.15, -0.1) is 0 Å². The summed E-state index contributed by atoms with van der Waals surface area (Å²) in [6.07, 6.45) is -1.78. The Morgan fingerprint density at radius 2 is 1.97 bits per heavy atom. The molecule has 0 aromatic carbocycles. The highest BCUT2D eigenvalue weighted by atomic mass is 35.5. The molecule has 4 atom stereocenters. The van der Waals surface area contributed by atoms with Gasteiger partial charge in [0.2, 0.25) is 11.8 Å². The van der Waals surface area contributed by atoms with E-state index in [4.69, 9.17) is 11.6 Å². The fraction of sp³-hybridized carbons (Fsp3) is 0.625. The highest BCUT2D eigenvalue weighted by molar-refractivity contribution is 6.34. The molecule has 3 aliphatic carbocycles. The zero-order valence-corrected chi connectivity index (χ0v) is 19.9. The molecule has 0 bridgehead atoms. The van der Waals surface area contributed by atoms with Crippen molar-refractivity contribution < 1.29 is 27.2 Å². The van der Waals surface area contributed by atoms with Crippen LogP contribution >= 0.6 is 11.6 Å². The van der Waals surface area contributed by atoms with Gasteiger partial charge in [-0.3, -0.25) is 9.59 Å². The summed E-state index contributed by atoms with van der Waals surface area (Å²) in [6, 6.07) is 2.24. The van der Waals surface area contributed by atoms with Gasteiger partial charge in [-0.05, 0) is 68.1 Å². The summed E-state index contributed by atoms with van der Waals surface area (Å²) in [6.45, 7) is 1.84. The van der Waals surface area contributed by atoms with Crippen molar-refractivity contribution in [2.45, 2.75) is 62.8 Å². The molecule has 1 aliphatic heterocycles. The van der Waals surface area contributed by atoms with Gasteiger partial charge in [-0.1, -0.05) is 11.6 Å². The highest BCUT2D eigenvalue weighted by Gasteiger charge is 2.63. The van der Waals surface area contributed by atoms with Crippen LogP contribution in [0.2, 0.25) is 5.02 Å². The highest BCUT2D eigenvalue weighted by Crippen LogP contribution is 2.60. The first kappa shape index (κ1) is 23.1. The average Bonchev–Trinajstić information content (AvgIpc) is 3.69. The average molecular weight is 513 g/mol. The van der Waals surface area contributed by atoms with E-state index in [0.717, 1.165) is 29.8 Å². The molecule has 4 fully saturated rings. The summed E-state index contributed by atoms with van der Waals surface area (Å²) >= 11 is 6.41. The Morgan fingerprint density at radius 1 is 1.23 bits per heavy atom. The summed E-state index contributed by atoms with van der Waals surface area (Å²) in [5.74, 6) is -0.330. The maximum absolute atomic E-state index is 15.2. The van der Waals surface area contributed by atoms with Gasteiger partial charge >= 0.3 is 6.18 Å². The number of pyridine rings is 1. The fourth-order valence-electron chi connectivity index (χ4n) is 6.03. The molecule has 0 N–H and O–H groups in total. The lowest BCUT2D eigenvalue weighted by Gasteiger charge is -2.42. The van der Waals surface area contributed by atoms with Gasteiger partial charge in [-0.25, -0.2) is 8.91 Å². The number of amides is 2. The maximum Gasteiger partial charge on any atom is 0.433 e. The minimum absolute atomic E-state index is 0.00897. The first-order valence-corrected chi connectivity index (χ1v) is 12.4. The Morgan fingerprint density at radius 3 is 2.57 bits per heavy atom. The van der Waals surface area contributed by atoms with Crippen LogP contribution in [0.1, 0.15) is 55.5 Å². The smallest absolute Gasteiger partial charge is 0.333 e. The molecule has 0 radical (unpaired) electrons. The molecule has 4 unspecified atom stereocenters. The minimum Gasteiger partial charge on any atom is -0.333 e. The van der Waals surface area contributed by atoms with Crippen LogP contribution in [0.25, 0.3) is 5.52 Å². The third-order valence-electron chi connectivity index (χ3n) is 8.23. The van der Waals surface area contributed by atoms with Crippen LogP contribution in [0.3, 0.4) is 0 Å². The number of aromatic nitrogens is 2. The number of nitrogens with zero attached hydrogens (tertiary/aromatic N) is 4. The molecule has 11 heteroatoms. The molecule has 4 aliphatic rings. The van der Waals surface area contributed by atoms with Crippen LogP contribution in [0.4, 0.5) is 17.6 Å². The number of rotatable bonds is 4. The fourth-order valence-corrected chi connectivity index (χ4v) is 6.27. The van der Waals surface area contributed by atoms with Crippen molar-refractivity contribution in [1.29, 1.82) is 0 Å². The van der Waals surface area contributed by atoms with Crippen molar-refractivity contribution in [3.63, 3.8) is 0 Å². The number of piperazine rings is 1. The van der Waals surface area contributed by atoms with Crippen LogP contribution in [0.15, 0.2) is 12.1 Å².